The molecule has 0 bridgehead atoms. The number of thiophene rings is 1. The Morgan fingerprint density at radius 2 is 1.28 bits per heavy atom. The van der Waals surface area contributed by atoms with E-state index in [1.54, 1.807) is 11.3 Å². The van der Waals surface area contributed by atoms with Gasteiger partial charge in [-0.25, -0.2) is 9.97 Å². The maximum absolute atomic E-state index is 6.39. The number of rotatable bonds is 1. The molecule has 0 radical (unpaired) electrons. The molecule has 2 aromatic heterocycles. The zero-order chi connectivity index (χ0) is 21.2. The summed E-state index contributed by atoms with van der Waals surface area (Å²) in [5.74, 6) is 0. The molecule has 0 saturated heterocycles. The standard InChI is InChI=1S/C28H15ClN2S/c29-28-30-25(27-26(31-28)22-7-3-4-8-24(22)32-27)18-10-9-17-12-13-20-19-6-2-1-5-16(19)11-14-21(20)23(17)15-18/h1-15H. The highest BCUT2D eigenvalue weighted by Gasteiger charge is 2.15. The van der Waals surface area contributed by atoms with E-state index in [9.17, 15) is 0 Å². The molecule has 0 unspecified atom stereocenters. The fraction of sp³-hybridized carbons (Fsp3) is 0. The topological polar surface area (TPSA) is 25.8 Å². The predicted octanol–water partition coefficient (Wildman–Crippen LogP) is 8.62. The summed E-state index contributed by atoms with van der Waals surface area (Å²) in [6.07, 6.45) is 0. The number of fused-ring (bicyclic) bond motifs is 8. The van der Waals surface area contributed by atoms with Crippen LogP contribution in [-0.4, -0.2) is 9.97 Å². The Balaban J connectivity index is 1.56. The van der Waals surface area contributed by atoms with Crippen molar-refractivity contribution in [2.75, 3.05) is 0 Å². The van der Waals surface area contributed by atoms with Gasteiger partial charge < -0.3 is 0 Å². The summed E-state index contributed by atoms with van der Waals surface area (Å²) in [7, 11) is 0. The minimum atomic E-state index is 0.278. The van der Waals surface area contributed by atoms with Gasteiger partial charge in [0.1, 0.15) is 0 Å². The van der Waals surface area contributed by atoms with E-state index in [4.69, 9.17) is 11.6 Å². The first-order valence-corrected chi connectivity index (χ1v) is 11.7. The number of nitrogens with zero attached hydrogens (tertiary/aromatic N) is 2. The summed E-state index contributed by atoms with van der Waals surface area (Å²) >= 11 is 8.11. The molecular formula is C28H15ClN2S. The van der Waals surface area contributed by atoms with E-state index in [1.807, 2.05) is 6.07 Å². The Hall–Kier alpha value is -3.53. The molecule has 0 atom stereocenters. The van der Waals surface area contributed by atoms with Gasteiger partial charge in [0.2, 0.25) is 5.28 Å². The molecule has 0 fully saturated rings. The van der Waals surface area contributed by atoms with Gasteiger partial charge in [-0.15, -0.1) is 11.3 Å². The minimum absolute atomic E-state index is 0.278. The summed E-state index contributed by atoms with van der Waals surface area (Å²) in [4.78, 5) is 9.23. The molecule has 4 heteroatoms. The van der Waals surface area contributed by atoms with E-state index in [1.165, 1.54) is 37.0 Å². The van der Waals surface area contributed by atoms with E-state index in [0.717, 1.165) is 26.9 Å². The summed E-state index contributed by atoms with van der Waals surface area (Å²) < 4.78 is 2.26. The van der Waals surface area contributed by atoms with Gasteiger partial charge in [0.15, 0.2) is 0 Å². The van der Waals surface area contributed by atoms with Gasteiger partial charge in [-0.2, -0.15) is 0 Å². The predicted molar refractivity (Wildman–Crippen MR) is 138 cm³/mol. The maximum Gasteiger partial charge on any atom is 0.223 e. The molecule has 7 rings (SSSR count). The largest absolute Gasteiger partial charge is 0.223 e. The molecule has 150 valence electrons. The highest BCUT2D eigenvalue weighted by Crippen LogP contribution is 2.40. The van der Waals surface area contributed by atoms with Crippen LogP contribution in [0.1, 0.15) is 0 Å². The normalized spacial score (nSPS) is 11.9. The Bertz CT molecular complexity index is 1850. The molecule has 0 aliphatic heterocycles. The molecule has 0 spiro atoms. The highest BCUT2D eigenvalue weighted by atomic mass is 35.5. The van der Waals surface area contributed by atoms with Gasteiger partial charge in [0, 0.05) is 15.6 Å². The van der Waals surface area contributed by atoms with Gasteiger partial charge in [-0.1, -0.05) is 78.9 Å². The second-order valence-electron chi connectivity index (χ2n) is 8.00. The highest BCUT2D eigenvalue weighted by molar-refractivity contribution is 7.26. The monoisotopic (exact) mass is 446 g/mol. The van der Waals surface area contributed by atoms with Crippen LogP contribution in [0, 0.1) is 0 Å². The van der Waals surface area contributed by atoms with E-state index in [0.29, 0.717) is 0 Å². The van der Waals surface area contributed by atoms with Crippen molar-refractivity contribution in [3.05, 3.63) is 96.3 Å². The van der Waals surface area contributed by atoms with Crippen LogP contribution in [0.4, 0.5) is 0 Å². The van der Waals surface area contributed by atoms with Gasteiger partial charge in [0.05, 0.1) is 15.9 Å². The Labute approximate surface area is 192 Å². The zero-order valence-corrected chi connectivity index (χ0v) is 18.4. The first kappa shape index (κ1) is 18.1. The van der Waals surface area contributed by atoms with Crippen LogP contribution in [0.3, 0.4) is 0 Å². The average Bonchev–Trinajstić information content (AvgIpc) is 3.21. The average molecular weight is 447 g/mol. The van der Waals surface area contributed by atoms with E-state index < -0.39 is 0 Å². The third-order valence-corrected chi connectivity index (χ3v) is 7.55. The molecule has 0 aliphatic rings. The summed E-state index contributed by atoms with van der Waals surface area (Å²) in [5.41, 5.74) is 2.87. The fourth-order valence-corrected chi connectivity index (χ4v) is 6.05. The lowest BCUT2D eigenvalue weighted by Gasteiger charge is -2.10. The van der Waals surface area contributed by atoms with E-state index in [-0.39, 0.29) is 5.28 Å². The number of halogens is 1. The Morgan fingerprint density at radius 3 is 2.16 bits per heavy atom. The molecule has 0 saturated carbocycles. The summed E-state index contributed by atoms with van der Waals surface area (Å²) in [6, 6.07) is 32.3. The fourth-order valence-electron chi connectivity index (χ4n) is 4.72. The zero-order valence-electron chi connectivity index (χ0n) is 16.8. The van der Waals surface area contributed by atoms with Crippen molar-refractivity contribution in [3.63, 3.8) is 0 Å². The lowest BCUT2D eigenvalue weighted by atomic mass is 9.95. The number of aromatic nitrogens is 2. The maximum atomic E-state index is 6.39. The van der Waals surface area contributed by atoms with Crippen LogP contribution < -0.4 is 0 Å². The van der Waals surface area contributed by atoms with Gasteiger partial charge >= 0.3 is 0 Å². The lowest BCUT2D eigenvalue weighted by molar-refractivity contribution is 1.24. The van der Waals surface area contributed by atoms with Crippen molar-refractivity contribution in [1.82, 2.24) is 9.97 Å². The minimum Gasteiger partial charge on any atom is -0.216 e. The number of hydrogen-bond acceptors (Lipinski definition) is 3. The third-order valence-electron chi connectivity index (χ3n) is 6.21. The summed E-state index contributed by atoms with van der Waals surface area (Å²) in [5, 5.41) is 8.87. The molecular weight excluding hydrogens is 432 g/mol. The molecule has 32 heavy (non-hydrogen) atoms. The molecule has 2 nitrogen and oxygen atoms in total. The smallest absolute Gasteiger partial charge is 0.216 e. The van der Waals surface area contributed by atoms with Crippen molar-refractivity contribution in [2.24, 2.45) is 0 Å². The van der Waals surface area contributed by atoms with Gasteiger partial charge in [0.25, 0.3) is 0 Å². The number of hydrogen-bond donors (Lipinski definition) is 0. The SMILES string of the molecule is Clc1nc(-c2ccc3ccc4c5ccccc5ccc4c3c2)c2sc3ccccc3c2n1. The van der Waals surface area contributed by atoms with Gasteiger partial charge in [-0.05, 0) is 56.1 Å². The first-order valence-electron chi connectivity index (χ1n) is 10.5. The third kappa shape index (κ3) is 2.59. The molecule has 2 heterocycles. The second kappa shape index (κ2) is 6.73. The molecule has 0 aliphatic carbocycles. The van der Waals surface area contributed by atoms with Crippen molar-refractivity contribution in [1.29, 1.82) is 0 Å². The van der Waals surface area contributed by atoms with Gasteiger partial charge in [-0.3, -0.25) is 0 Å². The Morgan fingerprint density at radius 1 is 0.594 bits per heavy atom. The number of benzene rings is 5. The van der Waals surface area contributed by atoms with Crippen molar-refractivity contribution in [3.8, 4) is 11.3 Å². The van der Waals surface area contributed by atoms with E-state index in [2.05, 4.69) is 94.9 Å². The van der Waals surface area contributed by atoms with Crippen LogP contribution in [0.2, 0.25) is 5.28 Å². The molecule has 0 amide bonds. The van der Waals surface area contributed by atoms with Crippen LogP contribution in [0.15, 0.2) is 91.0 Å². The lowest BCUT2D eigenvalue weighted by Crippen LogP contribution is -1.89. The molecule has 5 aromatic carbocycles. The van der Waals surface area contributed by atoms with Crippen LogP contribution in [0.5, 0.6) is 0 Å². The Kier molecular flexibility index (Phi) is 3.80. The van der Waals surface area contributed by atoms with Crippen molar-refractivity contribution < 1.29 is 0 Å². The quantitative estimate of drug-likeness (QED) is 0.186. The van der Waals surface area contributed by atoms with Crippen LogP contribution in [0.25, 0.3) is 63.9 Å². The van der Waals surface area contributed by atoms with Crippen molar-refractivity contribution in [2.45, 2.75) is 0 Å². The second-order valence-corrected chi connectivity index (χ2v) is 9.39. The first-order chi connectivity index (χ1) is 15.8. The molecule has 0 N–H and O–H groups in total. The van der Waals surface area contributed by atoms with E-state index >= 15 is 0 Å². The summed E-state index contributed by atoms with van der Waals surface area (Å²) in [6.45, 7) is 0. The van der Waals surface area contributed by atoms with Crippen LogP contribution >= 0.6 is 22.9 Å². The van der Waals surface area contributed by atoms with Crippen molar-refractivity contribution >= 4 is 75.6 Å². The van der Waals surface area contributed by atoms with Crippen LogP contribution in [-0.2, 0) is 0 Å². The molecule has 7 aromatic rings.